The van der Waals surface area contributed by atoms with E-state index >= 15 is 0 Å². The van der Waals surface area contributed by atoms with Crippen LogP contribution in [0.2, 0.25) is 0 Å². The number of nitrogens with zero attached hydrogens (tertiary/aromatic N) is 4. The Morgan fingerprint density at radius 1 is 1.07 bits per heavy atom. The first-order chi connectivity index (χ1) is 14.0. The normalized spacial score (nSPS) is 16.0. The smallest absolute Gasteiger partial charge is 0.256 e. The molecule has 3 aromatic rings. The number of carbonyl (C=O) groups is 1. The number of amides is 1. The van der Waals surface area contributed by atoms with Gasteiger partial charge in [-0.25, -0.2) is 4.39 Å². The van der Waals surface area contributed by atoms with E-state index in [9.17, 15) is 9.18 Å². The Balaban J connectivity index is 1.39. The van der Waals surface area contributed by atoms with Crippen LogP contribution in [0.25, 0.3) is 11.4 Å². The second-order valence-corrected chi connectivity index (χ2v) is 7.31. The van der Waals surface area contributed by atoms with Gasteiger partial charge in [0.1, 0.15) is 5.82 Å². The van der Waals surface area contributed by atoms with Crippen molar-refractivity contribution in [2.75, 3.05) is 26.2 Å². The van der Waals surface area contributed by atoms with Gasteiger partial charge in [0, 0.05) is 31.7 Å². The molecule has 7 heteroatoms. The Kier molecular flexibility index (Phi) is 5.40. The predicted molar refractivity (Wildman–Crippen MR) is 107 cm³/mol. The largest absolute Gasteiger partial charge is 0.337 e. The van der Waals surface area contributed by atoms with Gasteiger partial charge in [0.15, 0.2) is 0 Å². The van der Waals surface area contributed by atoms with E-state index in [0.717, 1.165) is 5.56 Å². The lowest BCUT2D eigenvalue weighted by molar-refractivity contribution is 0.0547. The van der Waals surface area contributed by atoms with E-state index < -0.39 is 5.82 Å². The van der Waals surface area contributed by atoms with E-state index in [1.54, 1.807) is 17.0 Å². The molecule has 2 aromatic carbocycles. The highest BCUT2D eigenvalue weighted by Crippen LogP contribution is 2.24. The predicted octanol–water partition coefficient (Wildman–Crippen LogP) is 3.70. The average molecular weight is 394 g/mol. The fraction of sp³-hybridized carbons (Fsp3) is 0.318. The van der Waals surface area contributed by atoms with Crippen LogP contribution in [0.15, 0.2) is 53.1 Å². The van der Waals surface area contributed by atoms with E-state index in [4.69, 9.17) is 4.52 Å². The zero-order valence-corrected chi connectivity index (χ0v) is 16.5. The van der Waals surface area contributed by atoms with Crippen molar-refractivity contribution in [3.8, 4) is 11.4 Å². The van der Waals surface area contributed by atoms with Gasteiger partial charge in [-0.1, -0.05) is 47.1 Å². The van der Waals surface area contributed by atoms with Crippen LogP contribution in [-0.4, -0.2) is 52.0 Å². The molecule has 0 N–H and O–H groups in total. The number of hydrogen-bond donors (Lipinski definition) is 0. The van der Waals surface area contributed by atoms with Crippen molar-refractivity contribution in [1.29, 1.82) is 0 Å². The Morgan fingerprint density at radius 2 is 1.76 bits per heavy atom. The molecule has 0 bridgehead atoms. The Morgan fingerprint density at radius 3 is 2.45 bits per heavy atom. The molecular weight excluding hydrogens is 371 g/mol. The second kappa shape index (κ2) is 8.13. The quantitative estimate of drug-likeness (QED) is 0.675. The number of halogens is 1. The highest BCUT2D eigenvalue weighted by atomic mass is 19.1. The lowest BCUT2D eigenvalue weighted by Crippen LogP contribution is -2.49. The maximum absolute atomic E-state index is 13.9. The number of piperazine rings is 1. The molecule has 6 nitrogen and oxygen atoms in total. The van der Waals surface area contributed by atoms with Gasteiger partial charge in [-0.15, -0.1) is 0 Å². The Bertz CT molecular complexity index is 994. The zero-order chi connectivity index (χ0) is 20.4. The number of carbonyl (C=O) groups excluding carboxylic acids is 1. The van der Waals surface area contributed by atoms with Crippen molar-refractivity contribution in [2.24, 2.45) is 0 Å². The highest BCUT2D eigenvalue weighted by Gasteiger charge is 2.29. The van der Waals surface area contributed by atoms with E-state index in [1.807, 2.05) is 38.1 Å². The molecule has 1 aromatic heterocycles. The minimum Gasteiger partial charge on any atom is -0.337 e. The van der Waals surface area contributed by atoms with Crippen LogP contribution in [0, 0.1) is 12.7 Å². The van der Waals surface area contributed by atoms with Gasteiger partial charge in [-0.3, -0.25) is 9.69 Å². The van der Waals surface area contributed by atoms with Gasteiger partial charge in [0.05, 0.1) is 11.6 Å². The van der Waals surface area contributed by atoms with Crippen LogP contribution in [0.1, 0.15) is 34.8 Å². The maximum Gasteiger partial charge on any atom is 0.256 e. The number of rotatable bonds is 4. The molecule has 1 aliphatic rings. The van der Waals surface area contributed by atoms with Crippen molar-refractivity contribution in [3.63, 3.8) is 0 Å². The van der Waals surface area contributed by atoms with E-state index in [0.29, 0.717) is 37.9 Å². The second-order valence-electron chi connectivity index (χ2n) is 7.31. The standard InChI is InChI=1S/C22H23FN4O2/c1-15-7-9-17(10-8-15)20-24-21(29-25-20)16(2)26-11-13-27(14-12-26)22(28)18-5-3-4-6-19(18)23/h3-10,16H,11-14H2,1-2H3. The number of hydrogen-bond acceptors (Lipinski definition) is 5. The maximum atomic E-state index is 13.9. The number of benzene rings is 2. The van der Waals surface area contributed by atoms with Gasteiger partial charge in [0.25, 0.3) is 5.91 Å². The van der Waals surface area contributed by atoms with E-state index in [2.05, 4.69) is 15.0 Å². The monoisotopic (exact) mass is 394 g/mol. The summed E-state index contributed by atoms with van der Waals surface area (Å²) in [6.07, 6.45) is 0. The molecule has 150 valence electrons. The van der Waals surface area contributed by atoms with Gasteiger partial charge in [-0.2, -0.15) is 4.98 Å². The third kappa shape index (κ3) is 4.05. The molecule has 1 amide bonds. The molecule has 0 radical (unpaired) electrons. The molecule has 1 aliphatic heterocycles. The minimum absolute atomic E-state index is 0.0626. The van der Waals surface area contributed by atoms with Crippen LogP contribution in [0.5, 0.6) is 0 Å². The molecule has 0 saturated carbocycles. The molecule has 1 saturated heterocycles. The number of aromatic nitrogens is 2. The van der Waals surface area contributed by atoms with Crippen LogP contribution in [0.4, 0.5) is 4.39 Å². The van der Waals surface area contributed by atoms with E-state index in [-0.39, 0.29) is 17.5 Å². The van der Waals surface area contributed by atoms with Crippen LogP contribution < -0.4 is 0 Å². The molecule has 0 aliphatic carbocycles. The summed E-state index contributed by atoms with van der Waals surface area (Å²) in [7, 11) is 0. The molecule has 4 rings (SSSR count). The summed E-state index contributed by atoms with van der Waals surface area (Å²) in [5.74, 6) is 0.368. The lowest BCUT2D eigenvalue weighted by Gasteiger charge is -2.36. The fourth-order valence-corrected chi connectivity index (χ4v) is 3.50. The summed E-state index contributed by atoms with van der Waals surface area (Å²) >= 11 is 0. The molecule has 1 unspecified atom stereocenters. The lowest BCUT2D eigenvalue weighted by atomic mass is 10.1. The third-order valence-corrected chi connectivity index (χ3v) is 5.36. The average Bonchev–Trinajstić information content (AvgIpc) is 3.24. The molecule has 1 fully saturated rings. The molecular formula is C22H23FN4O2. The molecule has 29 heavy (non-hydrogen) atoms. The zero-order valence-electron chi connectivity index (χ0n) is 16.5. The summed E-state index contributed by atoms with van der Waals surface area (Å²) in [5, 5.41) is 4.11. The summed E-state index contributed by atoms with van der Waals surface area (Å²) in [5.41, 5.74) is 2.21. The molecule has 2 heterocycles. The summed E-state index contributed by atoms with van der Waals surface area (Å²) < 4.78 is 19.4. The summed E-state index contributed by atoms with van der Waals surface area (Å²) in [6.45, 7) is 6.41. The van der Waals surface area contributed by atoms with Crippen LogP contribution in [-0.2, 0) is 0 Å². The molecule has 0 spiro atoms. The van der Waals surface area contributed by atoms with Crippen LogP contribution >= 0.6 is 0 Å². The molecule has 1 atom stereocenters. The van der Waals surface area contributed by atoms with Gasteiger partial charge >= 0.3 is 0 Å². The third-order valence-electron chi connectivity index (χ3n) is 5.36. The highest BCUT2D eigenvalue weighted by molar-refractivity contribution is 5.94. The van der Waals surface area contributed by atoms with Gasteiger partial charge in [0.2, 0.25) is 11.7 Å². The van der Waals surface area contributed by atoms with Crippen LogP contribution in [0.3, 0.4) is 0 Å². The Labute approximate surface area is 168 Å². The first-order valence-corrected chi connectivity index (χ1v) is 9.71. The fourth-order valence-electron chi connectivity index (χ4n) is 3.50. The van der Waals surface area contributed by atoms with Crippen molar-refractivity contribution in [1.82, 2.24) is 19.9 Å². The van der Waals surface area contributed by atoms with E-state index in [1.165, 1.54) is 17.7 Å². The SMILES string of the molecule is Cc1ccc(-c2noc(C(C)N3CCN(C(=O)c4ccccc4F)CC3)n2)cc1. The van der Waals surface area contributed by atoms with Gasteiger partial charge in [-0.05, 0) is 26.0 Å². The summed E-state index contributed by atoms with van der Waals surface area (Å²) in [6, 6.07) is 14.0. The summed E-state index contributed by atoms with van der Waals surface area (Å²) in [4.78, 5) is 21.0. The van der Waals surface area contributed by atoms with Gasteiger partial charge < -0.3 is 9.42 Å². The topological polar surface area (TPSA) is 62.5 Å². The number of aryl methyl sites for hydroxylation is 1. The minimum atomic E-state index is -0.484. The first-order valence-electron chi connectivity index (χ1n) is 9.71. The van der Waals surface area contributed by atoms with Crippen molar-refractivity contribution in [3.05, 3.63) is 71.4 Å². The van der Waals surface area contributed by atoms with Crippen molar-refractivity contribution >= 4 is 5.91 Å². The first kappa shape index (κ1) is 19.3. The Hall–Kier alpha value is -3.06. The van der Waals surface area contributed by atoms with Crippen molar-refractivity contribution < 1.29 is 13.7 Å². The van der Waals surface area contributed by atoms with Crippen molar-refractivity contribution in [2.45, 2.75) is 19.9 Å².